The number of nitrogens with one attached hydrogen (secondary N) is 1. The normalized spacial score (nSPS) is 10.4. The molecule has 0 radical (unpaired) electrons. The fourth-order valence-corrected chi connectivity index (χ4v) is 1.98. The summed E-state index contributed by atoms with van der Waals surface area (Å²) in [5, 5.41) is 7.28. The van der Waals surface area contributed by atoms with Crippen LogP contribution in [0.3, 0.4) is 0 Å². The van der Waals surface area contributed by atoms with Crippen molar-refractivity contribution in [1.29, 1.82) is 0 Å². The lowest BCUT2D eigenvalue weighted by Crippen LogP contribution is -2.25. The summed E-state index contributed by atoms with van der Waals surface area (Å²) in [5.74, 6) is 0.141. The average molecular weight is 271 g/mol. The van der Waals surface area contributed by atoms with Gasteiger partial charge >= 0.3 is 0 Å². The zero-order valence-electron chi connectivity index (χ0n) is 11.9. The Kier molecular flexibility index (Phi) is 5.35. The summed E-state index contributed by atoms with van der Waals surface area (Å²) in [7, 11) is 0. The van der Waals surface area contributed by atoms with E-state index in [2.05, 4.69) is 17.3 Å². The SMILES string of the molecule is CCCCC(=O)NCCc1cnn(-c2ccccc2)c1. The van der Waals surface area contributed by atoms with Crippen LogP contribution < -0.4 is 5.32 Å². The number of nitrogens with zero attached hydrogens (tertiary/aromatic N) is 2. The van der Waals surface area contributed by atoms with Crippen LogP contribution in [0, 0.1) is 0 Å². The lowest BCUT2D eigenvalue weighted by molar-refractivity contribution is -0.121. The first kappa shape index (κ1) is 14.3. The van der Waals surface area contributed by atoms with Crippen molar-refractivity contribution in [3.05, 3.63) is 48.3 Å². The first-order valence-corrected chi connectivity index (χ1v) is 7.15. The summed E-state index contributed by atoms with van der Waals surface area (Å²) in [6, 6.07) is 10.0. The molecule has 0 atom stereocenters. The molecule has 0 spiro atoms. The molecule has 1 N–H and O–H groups in total. The Morgan fingerprint density at radius 1 is 1.30 bits per heavy atom. The van der Waals surface area contributed by atoms with E-state index in [0.717, 1.165) is 30.5 Å². The molecule has 1 amide bonds. The van der Waals surface area contributed by atoms with Gasteiger partial charge in [0.05, 0.1) is 11.9 Å². The van der Waals surface area contributed by atoms with Gasteiger partial charge in [0.25, 0.3) is 0 Å². The number of hydrogen-bond donors (Lipinski definition) is 1. The molecule has 20 heavy (non-hydrogen) atoms. The van der Waals surface area contributed by atoms with E-state index in [1.165, 1.54) is 0 Å². The van der Waals surface area contributed by atoms with Gasteiger partial charge in [-0.15, -0.1) is 0 Å². The molecule has 1 aromatic carbocycles. The third-order valence-electron chi connectivity index (χ3n) is 3.15. The highest BCUT2D eigenvalue weighted by Crippen LogP contribution is 2.07. The fourth-order valence-electron chi connectivity index (χ4n) is 1.98. The van der Waals surface area contributed by atoms with E-state index < -0.39 is 0 Å². The predicted octanol–water partition coefficient (Wildman–Crippen LogP) is 2.72. The van der Waals surface area contributed by atoms with E-state index in [9.17, 15) is 4.79 Å². The lowest BCUT2D eigenvalue weighted by Gasteiger charge is -2.03. The Morgan fingerprint density at radius 2 is 2.10 bits per heavy atom. The number of unbranched alkanes of at least 4 members (excludes halogenated alkanes) is 1. The van der Waals surface area contributed by atoms with Crippen LogP contribution in [0.2, 0.25) is 0 Å². The Morgan fingerprint density at radius 3 is 2.85 bits per heavy atom. The van der Waals surface area contributed by atoms with Crippen molar-refractivity contribution < 1.29 is 4.79 Å². The minimum atomic E-state index is 0.141. The number of hydrogen-bond acceptors (Lipinski definition) is 2. The van der Waals surface area contributed by atoms with Crippen molar-refractivity contribution >= 4 is 5.91 Å². The number of para-hydroxylation sites is 1. The largest absolute Gasteiger partial charge is 0.356 e. The number of benzene rings is 1. The Bertz CT molecular complexity index is 534. The van der Waals surface area contributed by atoms with Gasteiger partial charge in [0.1, 0.15) is 0 Å². The summed E-state index contributed by atoms with van der Waals surface area (Å²) >= 11 is 0. The van der Waals surface area contributed by atoms with Gasteiger partial charge in [-0.25, -0.2) is 4.68 Å². The number of carbonyl (C=O) groups excluding carboxylic acids is 1. The van der Waals surface area contributed by atoms with Crippen LogP contribution in [0.4, 0.5) is 0 Å². The van der Waals surface area contributed by atoms with E-state index in [1.54, 1.807) is 0 Å². The number of rotatable bonds is 7. The third kappa shape index (κ3) is 4.23. The second-order valence-electron chi connectivity index (χ2n) is 4.83. The van der Waals surface area contributed by atoms with Crippen LogP contribution in [0.1, 0.15) is 31.7 Å². The average Bonchev–Trinajstić information content (AvgIpc) is 2.95. The van der Waals surface area contributed by atoms with Crippen molar-refractivity contribution in [1.82, 2.24) is 15.1 Å². The molecule has 0 aliphatic carbocycles. The lowest BCUT2D eigenvalue weighted by atomic mass is 10.2. The van der Waals surface area contributed by atoms with E-state index in [4.69, 9.17) is 0 Å². The zero-order chi connectivity index (χ0) is 14.2. The quantitative estimate of drug-likeness (QED) is 0.841. The molecule has 4 nitrogen and oxygen atoms in total. The molecule has 4 heteroatoms. The maximum absolute atomic E-state index is 11.5. The molecular weight excluding hydrogens is 250 g/mol. The smallest absolute Gasteiger partial charge is 0.220 e. The van der Waals surface area contributed by atoms with Crippen LogP contribution in [-0.2, 0) is 11.2 Å². The van der Waals surface area contributed by atoms with E-state index in [-0.39, 0.29) is 5.91 Å². The van der Waals surface area contributed by atoms with Crippen molar-refractivity contribution in [2.24, 2.45) is 0 Å². The van der Waals surface area contributed by atoms with Crippen LogP contribution in [0.5, 0.6) is 0 Å². The molecule has 0 aliphatic rings. The van der Waals surface area contributed by atoms with Crippen LogP contribution in [0.25, 0.3) is 5.69 Å². The fraction of sp³-hybridized carbons (Fsp3) is 0.375. The van der Waals surface area contributed by atoms with Gasteiger partial charge in [0.15, 0.2) is 0 Å². The molecule has 0 bridgehead atoms. The molecular formula is C16H21N3O. The van der Waals surface area contributed by atoms with Crippen LogP contribution in [0.15, 0.2) is 42.7 Å². The number of aromatic nitrogens is 2. The minimum Gasteiger partial charge on any atom is -0.356 e. The van der Waals surface area contributed by atoms with E-state index in [1.807, 2.05) is 47.4 Å². The summed E-state index contributed by atoms with van der Waals surface area (Å²) in [6.45, 7) is 2.76. The van der Waals surface area contributed by atoms with Crippen LogP contribution in [-0.4, -0.2) is 22.2 Å². The Labute approximate surface area is 119 Å². The topological polar surface area (TPSA) is 46.9 Å². The van der Waals surface area contributed by atoms with Gasteiger partial charge in [-0.2, -0.15) is 5.10 Å². The van der Waals surface area contributed by atoms with Crippen molar-refractivity contribution in [2.75, 3.05) is 6.54 Å². The molecule has 1 aromatic heterocycles. The van der Waals surface area contributed by atoms with Crippen molar-refractivity contribution in [3.8, 4) is 5.69 Å². The molecule has 0 fully saturated rings. The molecule has 0 unspecified atom stereocenters. The third-order valence-corrected chi connectivity index (χ3v) is 3.15. The molecule has 2 rings (SSSR count). The molecule has 0 aliphatic heterocycles. The highest BCUT2D eigenvalue weighted by molar-refractivity contribution is 5.75. The molecule has 1 heterocycles. The molecule has 106 valence electrons. The maximum Gasteiger partial charge on any atom is 0.220 e. The van der Waals surface area contributed by atoms with Gasteiger partial charge < -0.3 is 5.32 Å². The highest BCUT2D eigenvalue weighted by atomic mass is 16.1. The first-order chi connectivity index (χ1) is 9.79. The number of amides is 1. The van der Waals surface area contributed by atoms with Gasteiger partial charge in [0.2, 0.25) is 5.91 Å². The van der Waals surface area contributed by atoms with Gasteiger partial charge in [-0.05, 0) is 30.5 Å². The molecule has 2 aromatic rings. The van der Waals surface area contributed by atoms with Gasteiger partial charge in [-0.3, -0.25) is 4.79 Å². The number of carbonyl (C=O) groups is 1. The second-order valence-corrected chi connectivity index (χ2v) is 4.83. The molecule has 0 saturated heterocycles. The Hall–Kier alpha value is -2.10. The maximum atomic E-state index is 11.5. The Balaban J connectivity index is 1.80. The van der Waals surface area contributed by atoms with Gasteiger partial charge in [0, 0.05) is 19.2 Å². The van der Waals surface area contributed by atoms with E-state index >= 15 is 0 Å². The summed E-state index contributed by atoms with van der Waals surface area (Å²) in [6.07, 6.45) is 7.30. The second kappa shape index (κ2) is 7.48. The highest BCUT2D eigenvalue weighted by Gasteiger charge is 2.02. The minimum absolute atomic E-state index is 0.141. The van der Waals surface area contributed by atoms with E-state index in [0.29, 0.717) is 13.0 Å². The van der Waals surface area contributed by atoms with Crippen molar-refractivity contribution in [3.63, 3.8) is 0 Å². The standard InChI is InChI=1S/C16H21N3O/c1-2-3-9-16(20)17-11-10-14-12-18-19(13-14)15-7-5-4-6-8-15/h4-8,12-13H,2-3,9-11H2,1H3,(H,17,20). The predicted molar refractivity (Wildman–Crippen MR) is 79.8 cm³/mol. The van der Waals surface area contributed by atoms with Crippen LogP contribution >= 0.6 is 0 Å². The first-order valence-electron chi connectivity index (χ1n) is 7.15. The van der Waals surface area contributed by atoms with Gasteiger partial charge in [-0.1, -0.05) is 31.5 Å². The van der Waals surface area contributed by atoms with Crippen molar-refractivity contribution in [2.45, 2.75) is 32.6 Å². The summed E-state index contributed by atoms with van der Waals surface area (Å²) in [4.78, 5) is 11.5. The monoisotopic (exact) mass is 271 g/mol. The summed E-state index contributed by atoms with van der Waals surface area (Å²) < 4.78 is 1.86. The summed E-state index contributed by atoms with van der Waals surface area (Å²) in [5.41, 5.74) is 2.18. The zero-order valence-corrected chi connectivity index (χ0v) is 11.9. The molecule has 0 saturated carbocycles.